The van der Waals surface area contributed by atoms with E-state index in [-0.39, 0.29) is 33.7 Å². The van der Waals surface area contributed by atoms with Crippen molar-refractivity contribution in [3.8, 4) is 24.2 Å². The molecule has 0 bridgehead atoms. The Bertz CT molecular complexity index is 917. The lowest BCUT2D eigenvalue weighted by molar-refractivity contribution is -0.384. The van der Waals surface area contributed by atoms with E-state index in [4.69, 9.17) is 34.4 Å². The average Bonchev–Trinajstić information content (AvgIpc) is 2.59. The second kappa shape index (κ2) is 8.21. The van der Waals surface area contributed by atoms with Crippen LogP contribution < -0.4 is 4.74 Å². The van der Waals surface area contributed by atoms with E-state index < -0.39 is 4.92 Å². The molecule has 0 radical (unpaired) electrons. The van der Waals surface area contributed by atoms with Crippen LogP contribution in [-0.2, 0) is 0 Å². The SMILES string of the molecule is C#CCOc1c(Cl)cc(C=C(C#N)c2cccc([N+](=O)[O-])c2)cc1Cl. The summed E-state index contributed by atoms with van der Waals surface area (Å²) in [6.07, 6.45) is 6.66. The third-order valence-corrected chi connectivity index (χ3v) is 3.68. The molecule has 0 unspecified atom stereocenters. The average molecular weight is 373 g/mol. The second-order valence-corrected chi connectivity index (χ2v) is 5.60. The molecule has 25 heavy (non-hydrogen) atoms. The van der Waals surface area contributed by atoms with Gasteiger partial charge in [-0.05, 0) is 29.3 Å². The van der Waals surface area contributed by atoms with Gasteiger partial charge in [-0.15, -0.1) is 6.42 Å². The van der Waals surface area contributed by atoms with Crippen molar-refractivity contribution in [3.05, 3.63) is 67.7 Å². The predicted octanol–water partition coefficient (Wildman–Crippen LogP) is 4.98. The van der Waals surface area contributed by atoms with Gasteiger partial charge in [0.05, 0.1) is 26.6 Å². The van der Waals surface area contributed by atoms with Crippen molar-refractivity contribution in [1.82, 2.24) is 0 Å². The molecule has 124 valence electrons. The smallest absolute Gasteiger partial charge is 0.270 e. The monoisotopic (exact) mass is 372 g/mol. The van der Waals surface area contributed by atoms with E-state index in [1.165, 1.54) is 24.3 Å². The van der Waals surface area contributed by atoms with Crippen molar-refractivity contribution in [2.75, 3.05) is 6.61 Å². The lowest BCUT2D eigenvalue weighted by Crippen LogP contribution is -1.95. The van der Waals surface area contributed by atoms with Crippen LogP contribution in [0.1, 0.15) is 11.1 Å². The lowest BCUT2D eigenvalue weighted by atomic mass is 10.0. The molecular weight excluding hydrogens is 363 g/mol. The number of nitro groups is 1. The maximum absolute atomic E-state index is 10.9. The Morgan fingerprint density at radius 2 is 2.00 bits per heavy atom. The van der Waals surface area contributed by atoms with Crippen LogP contribution in [-0.4, -0.2) is 11.5 Å². The van der Waals surface area contributed by atoms with E-state index >= 15 is 0 Å². The van der Waals surface area contributed by atoms with E-state index in [0.717, 1.165) is 0 Å². The summed E-state index contributed by atoms with van der Waals surface area (Å²) >= 11 is 12.3. The number of nitriles is 1. The number of terminal acetylenes is 1. The van der Waals surface area contributed by atoms with Crippen molar-refractivity contribution in [1.29, 1.82) is 5.26 Å². The summed E-state index contributed by atoms with van der Waals surface area (Å²) in [7, 11) is 0. The number of hydrogen-bond acceptors (Lipinski definition) is 4. The molecule has 0 saturated heterocycles. The maximum Gasteiger partial charge on any atom is 0.270 e. The van der Waals surface area contributed by atoms with Gasteiger partial charge in [-0.2, -0.15) is 5.26 Å². The van der Waals surface area contributed by atoms with E-state index in [1.807, 2.05) is 6.07 Å². The number of rotatable bonds is 5. The van der Waals surface area contributed by atoms with Crippen LogP contribution >= 0.6 is 23.2 Å². The minimum Gasteiger partial charge on any atom is -0.478 e. The number of benzene rings is 2. The molecule has 0 aliphatic rings. The topological polar surface area (TPSA) is 76.2 Å². The highest BCUT2D eigenvalue weighted by molar-refractivity contribution is 6.37. The summed E-state index contributed by atoms with van der Waals surface area (Å²) in [5, 5.41) is 20.7. The first-order chi connectivity index (χ1) is 12.0. The molecule has 2 rings (SSSR count). The molecule has 2 aromatic carbocycles. The Hall–Kier alpha value is -2.99. The van der Waals surface area contributed by atoms with Gasteiger partial charge in [-0.25, -0.2) is 0 Å². The molecule has 0 fully saturated rings. The molecule has 0 heterocycles. The molecule has 0 aliphatic heterocycles. The van der Waals surface area contributed by atoms with E-state index in [0.29, 0.717) is 11.1 Å². The standard InChI is InChI=1S/C18H10Cl2N2O3/c1-2-6-25-18-16(19)8-12(9-17(18)20)7-14(11-21)13-4-3-5-15(10-13)22(23)24/h1,3-5,7-10H,6H2. The zero-order chi connectivity index (χ0) is 18.4. The summed E-state index contributed by atoms with van der Waals surface area (Å²) < 4.78 is 5.27. The summed E-state index contributed by atoms with van der Waals surface area (Å²) in [4.78, 5) is 10.4. The van der Waals surface area contributed by atoms with Gasteiger partial charge in [-0.3, -0.25) is 10.1 Å². The minimum absolute atomic E-state index is 0.0196. The highest BCUT2D eigenvalue weighted by Gasteiger charge is 2.12. The fourth-order valence-corrected chi connectivity index (χ4v) is 2.66. The summed E-state index contributed by atoms with van der Waals surface area (Å²) in [5.74, 6) is 2.57. The minimum atomic E-state index is -0.524. The van der Waals surface area contributed by atoms with Crippen molar-refractivity contribution < 1.29 is 9.66 Å². The molecule has 2 aromatic rings. The first-order valence-corrected chi connectivity index (χ1v) is 7.63. The van der Waals surface area contributed by atoms with Crippen LogP contribution in [0.4, 0.5) is 5.69 Å². The largest absolute Gasteiger partial charge is 0.478 e. The third kappa shape index (κ3) is 4.51. The van der Waals surface area contributed by atoms with Crippen LogP contribution in [0.5, 0.6) is 5.75 Å². The Morgan fingerprint density at radius 3 is 2.56 bits per heavy atom. The number of ether oxygens (including phenoxy) is 1. The summed E-state index contributed by atoms with van der Waals surface area (Å²) in [6, 6.07) is 10.9. The van der Waals surface area contributed by atoms with E-state index in [1.54, 1.807) is 18.2 Å². The highest BCUT2D eigenvalue weighted by Crippen LogP contribution is 2.35. The molecule has 0 saturated carbocycles. The van der Waals surface area contributed by atoms with Crippen LogP contribution in [0.15, 0.2) is 36.4 Å². The van der Waals surface area contributed by atoms with Crippen molar-refractivity contribution in [2.45, 2.75) is 0 Å². The van der Waals surface area contributed by atoms with Gasteiger partial charge < -0.3 is 4.74 Å². The van der Waals surface area contributed by atoms with E-state index in [9.17, 15) is 15.4 Å². The first kappa shape index (κ1) is 18.4. The number of halogens is 2. The van der Waals surface area contributed by atoms with Crippen LogP contribution in [0.3, 0.4) is 0 Å². The van der Waals surface area contributed by atoms with Crippen molar-refractivity contribution >= 4 is 40.5 Å². The number of nitrogens with zero attached hydrogens (tertiary/aromatic N) is 2. The zero-order valence-electron chi connectivity index (χ0n) is 12.7. The third-order valence-electron chi connectivity index (χ3n) is 3.12. The molecule has 0 atom stereocenters. The molecule has 0 amide bonds. The molecular formula is C18H10Cl2N2O3. The van der Waals surface area contributed by atoms with Gasteiger partial charge in [-0.1, -0.05) is 41.3 Å². The summed E-state index contributed by atoms with van der Waals surface area (Å²) in [6.45, 7) is 0.0196. The van der Waals surface area contributed by atoms with Gasteiger partial charge in [0.1, 0.15) is 6.61 Å². The Kier molecular flexibility index (Phi) is 6.03. The van der Waals surface area contributed by atoms with E-state index in [2.05, 4.69) is 5.92 Å². The number of nitro benzene ring substituents is 1. The Balaban J connectivity index is 2.44. The number of non-ortho nitro benzene ring substituents is 1. The fraction of sp³-hybridized carbons (Fsp3) is 0.0556. The number of hydrogen-bond donors (Lipinski definition) is 0. The molecule has 0 aliphatic carbocycles. The van der Waals surface area contributed by atoms with Gasteiger partial charge in [0, 0.05) is 12.1 Å². The summed E-state index contributed by atoms with van der Waals surface area (Å²) in [5.41, 5.74) is 1.09. The van der Waals surface area contributed by atoms with Gasteiger partial charge in [0.2, 0.25) is 0 Å². The highest BCUT2D eigenvalue weighted by atomic mass is 35.5. The maximum atomic E-state index is 10.9. The van der Waals surface area contributed by atoms with Crippen LogP contribution in [0.25, 0.3) is 11.6 Å². The fourth-order valence-electron chi connectivity index (χ4n) is 2.05. The lowest BCUT2D eigenvalue weighted by Gasteiger charge is -2.09. The van der Waals surface area contributed by atoms with Crippen LogP contribution in [0, 0.1) is 33.8 Å². The zero-order valence-corrected chi connectivity index (χ0v) is 14.2. The molecule has 0 aromatic heterocycles. The molecule has 0 spiro atoms. The van der Waals surface area contributed by atoms with Gasteiger partial charge in [0.15, 0.2) is 5.75 Å². The number of allylic oxidation sites excluding steroid dienone is 1. The Labute approximate surface area is 154 Å². The molecule has 0 N–H and O–H groups in total. The van der Waals surface area contributed by atoms with Gasteiger partial charge >= 0.3 is 0 Å². The molecule has 5 nitrogen and oxygen atoms in total. The predicted molar refractivity (Wildman–Crippen MR) is 97.4 cm³/mol. The van der Waals surface area contributed by atoms with Crippen molar-refractivity contribution in [2.24, 2.45) is 0 Å². The first-order valence-electron chi connectivity index (χ1n) is 6.88. The van der Waals surface area contributed by atoms with Crippen LogP contribution in [0.2, 0.25) is 10.0 Å². The van der Waals surface area contributed by atoms with Crippen molar-refractivity contribution in [3.63, 3.8) is 0 Å². The quantitative estimate of drug-likeness (QED) is 0.244. The Morgan fingerprint density at radius 1 is 1.32 bits per heavy atom. The van der Waals surface area contributed by atoms with Gasteiger partial charge in [0.25, 0.3) is 5.69 Å². The normalized spacial score (nSPS) is 10.6. The second-order valence-electron chi connectivity index (χ2n) is 4.78. The molecule has 7 heteroatoms.